The minimum Gasteiger partial charge on any atom is -0.480 e. The van der Waals surface area contributed by atoms with Gasteiger partial charge in [-0.1, -0.05) is 0 Å². The number of hydrogen-bond donors (Lipinski definition) is 2. The third-order valence-electron chi connectivity index (χ3n) is 2.38. The highest BCUT2D eigenvalue weighted by Gasteiger charge is 2.15. The Hall–Kier alpha value is -1.88. The molecule has 1 atom stereocenters. The number of nitrogens with two attached hydrogens (primary N) is 1. The Morgan fingerprint density at radius 2 is 2.31 bits per heavy atom. The summed E-state index contributed by atoms with van der Waals surface area (Å²) in [6.07, 6.45) is 1.41. The van der Waals surface area contributed by atoms with Gasteiger partial charge in [0.1, 0.15) is 17.4 Å². The van der Waals surface area contributed by atoms with Crippen LogP contribution in [0.5, 0.6) is 0 Å². The van der Waals surface area contributed by atoms with Crippen molar-refractivity contribution in [2.45, 2.75) is 12.5 Å². The Labute approximate surface area is 90.5 Å². The van der Waals surface area contributed by atoms with Crippen molar-refractivity contribution in [2.75, 3.05) is 0 Å². The van der Waals surface area contributed by atoms with Gasteiger partial charge in [-0.25, -0.2) is 4.39 Å². The summed E-state index contributed by atoms with van der Waals surface area (Å²) in [5.41, 5.74) is 6.06. The van der Waals surface area contributed by atoms with Crippen LogP contribution in [0.2, 0.25) is 0 Å². The second-order valence-corrected chi connectivity index (χ2v) is 3.55. The van der Waals surface area contributed by atoms with E-state index < -0.39 is 17.8 Å². The highest BCUT2D eigenvalue weighted by atomic mass is 19.1. The van der Waals surface area contributed by atoms with Crippen LogP contribution in [0.25, 0.3) is 11.0 Å². The Morgan fingerprint density at radius 1 is 1.56 bits per heavy atom. The molecule has 1 heterocycles. The van der Waals surface area contributed by atoms with Crippen LogP contribution in [0.1, 0.15) is 5.56 Å². The molecule has 16 heavy (non-hydrogen) atoms. The van der Waals surface area contributed by atoms with Crippen LogP contribution in [0.3, 0.4) is 0 Å². The van der Waals surface area contributed by atoms with E-state index in [2.05, 4.69) is 0 Å². The maximum Gasteiger partial charge on any atom is 0.320 e. The van der Waals surface area contributed by atoms with Crippen LogP contribution in [-0.2, 0) is 11.2 Å². The molecule has 0 bridgehead atoms. The summed E-state index contributed by atoms with van der Waals surface area (Å²) < 4.78 is 18.5. The number of halogens is 1. The Morgan fingerprint density at radius 3 is 3.00 bits per heavy atom. The second-order valence-electron chi connectivity index (χ2n) is 3.55. The Kier molecular flexibility index (Phi) is 2.62. The highest BCUT2D eigenvalue weighted by molar-refractivity contribution is 5.78. The van der Waals surface area contributed by atoms with Gasteiger partial charge in [0.05, 0.1) is 6.26 Å². The summed E-state index contributed by atoms with van der Waals surface area (Å²) >= 11 is 0. The molecule has 0 radical (unpaired) electrons. The van der Waals surface area contributed by atoms with Gasteiger partial charge in [-0.3, -0.25) is 4.79 Å². The Balaban J connectivity index is 2.36. The van der Waals surface area contributed by atoms with Crippen LogP contribution in [-0.4, -0.2) is 17.1 Å². The molecule has 0 aliphatic heterocycles. The van der Waals surface area contributed by atoms with Crippen LogP contribution in [0.4, 0.5) is 4.39 Å². The van der Waals surface area contributed by atoms with E-state index in [0.717, 1.165) is 5.39 Å². The van der Waals surface area contributed by atoms with E-state index >= 15 is 0 Å². The van der Waals surface area contributed by atoms with E-state index in [0.29, 0.717) is 5.58 Å². The third kappa shape index (κ3) is 1.90. The topological polar surface area (TPSA) is 76.5 Å². The van der Waals surface area contributed by atoms with Crippen molar-refractivity contribution >= 4 is 16.9 Å². The smallest absolute Gasteiger partial charge is 0.320 e. The van der Waals surface area contributed by atoms with Crippen LogP contribution < -0.4 is 5.73 Å². The van der Waals surface area contributed by atoms with E-state index in [4.69, 9.17) is 15.3 Å². The number of aliphatic carboxylic acids is 1. The first kappa shape index (κ1) is 10.6. The fourth-order valence-electron chi connectivity index (χ4n) is 1.51. The number of carboxylic acids is 1. The largest absolute Gasteiger partial charge is 0.480 e. The molecule has 0 fully saturated rings. The maximum atomic E-state index is 13.5. The molecule has 3 N–H and O–H groups in total. The number of hydrogen-bond acceptors (Lipinski definition) is 3. The van der Waals surface area contributed by atoms with Crippen LogP contribution in [0, 0.1) is 5.82 Å². The molecule has 0 aliphatic carbocycles. The number of benzene rings is 1. The van der Waals surface area contributed by atoms with Crippen molar-refractivity contribution in [2.24, 2.45) is 5.73 Å². The van der Waals surface area contributed by atoms with E-state index in [9.17, 15) is 9.18 Å². The predicted octanol–water partition coefficient (Wildman–Crippen LogP) is 1.53. The molecule has 1 unspecified atom stereocenters. The summed E-state index contributed by atoms with van der Waals surface area (Å²) in [6.45, 7) is 0. The van der Waals surface area contributed by atoms with Gasteiger partial charge in [0.2, 0.25) is 0 Å². The summed E-state index contributed by atoms with van der Waals surface area (Å²) in [5, 5.41) is 9.37. The van der Waals surface area contributed by atoms with E-state index in [1.165, 1.54) is 12.3 Å². The monoisotopic (exact) mass is 223 g/mol. The van der Waals surface area contributed by atoms with Crippen molar-refractivity contribution in [3.63, 3.8) is 0 Å². The zero-order valence-electron chi connectivity index (χ0n) is 8.31. The van der Waals surface area contributed by atoms with Gasteiger partial charge in [-0.15, -0.1) is 0 Å². The van der Waals surface area contributed by atoms with Gasteiger partial charge in [0.25, 0.3) is 0 Å². The number of rotatable bonds is 3. The molecule has 84 valence electrons. The Bertz CT molecular complexity index is 535. The van der Waals surface area contributed by atoms with Gasteiger partial charge in [0, 0.05) is 17.9 Å². The van der Waals surface area contributed by atoms with Gasteiger partial charge in [-0.2, -0.15) is 0 Å². The molecule has 0 amide bonds. The van der Waals surface area contributed by atoms with Crippen molar-refractivity contribution in [3.8, 4) is 0 Å². The van der Waals surface area contributed by atoms with Crippen LogP contribution >= 0.6 is 0 Å². The van der Waals surface area contributed by atoms with Crippen molar-refractivity contribution < 1.29 is 18.7 Å². The first-order valence-corrected chi connectivity index (χ1v) is 4.72. The normalized spacial score (nSPS) is 12.9. The van der Waals surface area contributed by atoms with E-state index in [-0.39, 0.29) is 12.0 Å². The molecular weight excluding hydrogens is 213 g/mol. The summed E-state index contributed by atoms with van der Waals surface area (Å²) in [4.78, 5) is 10.6. The van der Waals surface area contributed by atoms with Gasteiger partial charge >= 0.3 is 5.97 Å². The first-order valence-electron chi connectivity index (χ1n) is 4.72. The van der Waals surface area contributed by atoms with Crippen molar-refractivity contribution in [1.29, 1.82) is 0 Å². The minimum atomic E-state index is -1.15. The second kappa shape index (κ2) is 3.94. The third-order valence-corrected chi connectivity index (χ3v) is 2.38. The zero-order valence-corrected chi connectivity index (χ0v) is 8.31. The molecule has 0 aliphatic rings. The van der Waals surface area contributed by atoms with Gasteiger partial charge in [-0.05, 0) is 17.7 Å². The molecule has 0 saturated heterocycles. The molecule has 1 aromatic heterocycles. The lowest BCUT2D eigenvalue weighted by molar-refractivity contribution is -0.138. The zero-order chi connectivity index (χ0) is 11.7. The van der Waals surface area contributed by atoms with Gasteiger partial charge < -0.3 is 15.3 Å². The average molecular weight is 223 g/mol. The highest BCUT2D eigenvalue weighted by Crippen LogP contribution is 2.21. The van der Waals surface area contributed by atoms with Crippen LogP contribution in [0.15, 0.2) is 28.9 Å². The van der Waals surface area contributed by atoms with Gasteiger partial charge in [0.15, 0.2) is 0 Å². The average Bonchev–Trinajstić information content (AvgIpc) is 2.65. The quantitative estimate of drug-likeness (QED) is 0.827. The molecule has 5 heteroatoms. The molecule has 1 aromatic carbocycles. The van der Waals surface area contributed by atoms with E-state index in [1.807, 2.05) is 0 Å². The van der Waals surface area contributed by atoms with Crippen molar-refractivity contribution in [1.82, 2.24) is 0 Å². The molecule has 4 nitrogen and oxygen atoms in total. The number of furan rings is 1. The lowest BCUT2D eigenvalue weighted by Crippen LogP contribution is -2.32. The number of carbonyl (C=O) groups is 1. The first-order chi connectivity index (χ1) is 7.58. The van der Waals surface area contributed by atoms with Crippen molar-refractivity contribution in [3.05, 3.63) is 35.8 Å². The minimum absolute atomic E-state index is 0.0394. The van der Waals surface area contributed by atoms with E-state index in [1.54, 1.807) is 12.1 Å². The fourth-order valence-corrected chi connectivity index (χ4v) is 1.51. The lowest BCUT2D eigenvalue weighted by atomic mass is 10.0. The standard InChI is InChI=1S/C11H10FNO3/c12-8-5-10-6(1-2-16-10)3-7(8)4-9(13)11(14)15/h1-3,5,9H,4,13H2,(H,14,15). The summed E-state index contributed by atoms with van der Waals surface area (Å²) in [5.74, 6) is -1.65. The summed E-state index contributed by atoms with van der Waals surface area (Å²) in [7, 11) is 0. The SMILES string of the molecule is NC(Cc1cc2ccoc2cc1F)C(=O)O. The number of fused-ring (bicyclic) bond motifs is 1. The molecule has 2 aromatic rings. The number of carboxylic acid groups (broad SMARTS) is 1. The lowest BCUT2D eigenvalue weighted by Gasteiger charge is -2.07. The molecule has 0 spiro atoms. The maximum absolute atomic E-state index is 13.5. The molecule has 0 saturated carbocycles. The summed E-state index contributed by atoms with van der Waals surface area (Å²) in [6, 6.07) is 3.37. The molecule has 2 rings (SSSR count). The fraction of sp³-hybridized carbons (Fsp3) is 0.182. The predicted molar refractivity (Wildman–Crippen MR) is 55.5 cm³/mol. The molecular formula is C11H10FNO3.